The molecule has 1 aliphatic heterocycles. The van der Waals surface area contributed by atoms with Gasteiger partial charge in [-0.3, -0.25) is 10.1 Å². The fourth-order valence-corrected chi connectivity index (χ4v) is 6.14. The summed E-state index contributed by atoms with van der Waals surface area (Å²) in [6, 6.07) is 12.9. The third kappa shape index (κ3) is 6.47. The van der Waals surface area contributed by atoms with Crippen molar-refractivity contribution in [2.75, 3.05) is 18.4 Å². The molecule has 1 N–H and O–H groups in total. The Hall–Kier alpha value is -2.76. The second-order valence-corrected chi connectivity index (χ2v) is 12.2. The fourth-order valence-electron chi connectivity index (χ4n) is 3.83. The maximum absolute atomic E-state index is 13.1. The van der Waals surface area contributed by atoms with E-state index in [2.05, 4.69) is 41.5 Å². The normalized spacial score (nSPS) is 15.4. The lowest BCUT2D eigenvalue weighted by molar-refractivity contribution is -0.121. The summed E-state index contributed by atoms with van der Waals surface area (Å²) in [6.45, 7) is 4.67. The van der Waals surface area contributed by atoms with Gasteiger partial charge in [-0.05, 0) is 54.8 Å². The molecule has 0 aliphatic carbocycles. The smallest absolute Gasteiger partial charge is 0.322 e. The van der Waals surface area contributed by atoms with Crippen LogP contribution < -0.4 is 5.32 Å². The summed E-state index contributed by atoms with van der Waals surface area (Å²) in [7, 11) is -3.73. The van der Waals surface area contributed by atoms with Gasteiger partial charge in [0.25, 0.3) is 0 Å². The van der Waals surface area contributed by atoms with Crippen LogP contribution in [0.4, 0.5) is 10.4 Å². The van der Waals surface area contributed by atoms with Crippen molar-refractivity contribution in [2.24, 2.45) is 5.92 Å². The summed E-state index contributed by atoms with van der Waals surface area (Å²) in [6.07, 6.45) is 1.16. The van der Waals surface area contributed by atoms with E-state index in [1.807, 2.05) is 12.1 Å². The van der Waals surface area contributed by atoms with Crippen LogP contribution in [0.1, 0.15) is 38.1 Å². The number of halogens is 1. The van der Waals surface area contributed by atoms with Crippen LogP contribution in [0.15, 0.2) is 62.7 Å². The molecule has 4 rings (SSSR count). The number of thioether (sulfide) groups is 1. The van der Waals surface area contributed by atoms with Crippen molar-refractivity contribution in [3.63, 3.8) is 0 Å². The van der Waals surface area contributed by atoms with Crippen LogP contribution >= 0.6 is 11.8 Å². The van der Waals surface area contributed by atoms with E-state index in [4.69, 9.17) is 4.42 Å². The molecule has 1 amide bonds. The second-order valence-electron chi connectivity index (χ2n) is 8.61. The molecule has 1 saturated heterocycles. The molecular weight excluding hydrogens is 491 g/mol. The Bertz CT molecular complexity index is 1250. The predicted octanol–water partition coefficient (Wildman–Crippen LogP) is 4.34. The van der Waals surface area contributed by atoms with E-state index in [0.717, 1.165) is 17.7 Å². The van der Waals surface area contributed by atoms with Crippen molar-refractivity contribution < 1.29 is 22.0 Å². The maximum Gasteiger partial charge on any atom is 0.322 e. The molecule has 1 aromatic heterocycles. The van der Waals surface area contributed by atoms with Crippen LogP contribution in [0.3, 0.4) is 0 Å². The number of piperidine rings is 1. The van der Waals surface area contributed by atoms with Crippen LogP contribution in [0.25, 0.3) is 0 Å². The van der Waals surface area contributed by atoms with Gasteiger partial charge in [0.15, 0.2) is 0 Å². The number of anilines is 1. The van der Waals surface area contributed by atoms with Gasteiger partial charge in [-0.25, -0.2) is 12.8 Å². The highest BCUT2D eigenvalue weighted by molar-refractivity contribution is 7.99. The number of carbonyl (C=O) groups excluding carboxylic acids is 1. The maximum atomic E-state index is 13.1. The molecule has 0 bridgehead atoms. The number of hydrogen-bond acceptors (Lipinski definition) is 7. The lowest BCUT2D eigenvalue weighted by Crippen LogP contribution is -2.41. The van der Waals surface area contributed by atoms with Crippen LogP contribution in [-0.2, 0) is 21.2 Å². The highest BCUT2D eigenvalue weighted by Gasteiger charge is 2.32. The van der Waals surface area contributed by atoms with E-state index < -0.39 is 15.8 Å². The zero-order valence-corrected chi connectivity index (χ0v) is 21.1. The van der Waals surface area contributed by atoms with Crippen molar-refractivity contribution in [1.29, 1.82) is 0 Å². The lowest BCUT2D eigenvalue weighted by Gasteiger charge is -2.30. The molecule has 3 aromatic rings. The van der Waals surface area contributed by atoms with Crippen LogP contribution in [0.2, 0.25) is 0 Å². The first-order valence-corrected chi connectivity index (χ1v) is 13.7. The number of amides is 1. The van der Waals surface area contributed by atoms with E-state index in [-0.39, 0.29) is 35.8 Å². The molecule has 186 valence electrons. The van der Waals surface area contributed by atoms with Crippen molar-refractivity contribution in [3.05, 3.63) is 65.8 Å². The van der Waals surface area contributed by atoms with Gasteiger partial charge in [0, 0.05) is 29.2 Å². The van der Waals surface area contributed by atoms with Gasteiger partial charge in [-0.2, -0.15) is 4.31 Å². The van der Waals surface area contributed by atoms with E-state index in [9.17, 15) is 17.6 Å². The van der Waals surface area contributed by atoms with Crippen molar-refractivity contribution in [3.8, 4) is 0 Å². The van der Waals surface area contributed by atoms with Gasteiger partial charge >= 0.3 is 6.01 Å². The van der Waals surface area contributed by atoms with Crippen LogP contribution in [0.5, 0.6) is 0 Å². The Morgan fingerprint density at radius 2 is 1.77 bits per heavy atom. The molecule has 0 saturated carbocycles. The average molecular weight is 519 g/mol. The van der Waals surface area contributed by atoms with Crippen LogP contribution in [-0.4, -0.2) is 47.2 Å². The molecule has 1 aliphatic rings. The van der Waals surface area contributed by atoms with Crippen molar-refractivity contribution in [1.82, 2.24) is 14.5 Å². The number of nitrogens with one attached hydrogen (secondary N) is 1. The van der Waals surface area contributed by atoms with Crippen LogP contribution in [0, 0.1) is 11.7 Å². The molecule has 0 radical (unpaired) electrons. The fraction of sp³-hybridized carbons (Fsp3) is 0.375. The predicted molar refractivity (Wildman–Crippen MR) is 131 cm³/mol. The number of benzene rings is 2. The minimum Gasteiger partial charge on any atom is -0.407 e. The molecule has 2 heterocycles. The minimum atomic E-state index is -3.73. The van der Waals surface area contributed by atoms with Gasteiger partial charge in [0.05, 0.1) is 11.3 Å². The Morgan fingerprint density at radius 1 is 1.11 bits per heavy atom. The number of aromatic nitrogens is 2. The zero-order valence-electron chi connectivity index (χ0n) is 19.5. The quantitative estimate of drug-likeness (QED) is 0.442. The third-order valence-corrected chi connectivity index (χ3v) is 8.55. The molecule has 11 heteroatoms. The Morgan fingerprint density at radius 3 is 2.40 bits per heavy atom. The monoisotopic (exact) mass is 518 g/mol. The number of hydrogen-bond donors (Lipinski definition) is 1. The minimum absolute atomic E-state index is 0.0262. The summed E-state index contributed by atoms with van der Waals surface area (Å²) in [5, 5.41) is 11.1. The zero-order chi connectivity index (χ0) is 25.0. The van der Waals surface area contributed by atoms with Gasteiger partial charge < -0.3 is 4.42 Å². The molecular formula is C24H27FN4O4S2. The highest BCUT2D eigenvalue weighted by atomic mass is 32.2. The first kappa shape index (κ1) is 25.3. The van der Waals surface area contributed by atoms with Gasteiger partial charge in [-0.1, -0.05) is 31.1 Å². The SMILES string of the molecule is CC(C)Sc1ccc(Cc2nnc(NC(=O)C3CCN(S(=O)(=O)c4ccc(F)cc4)CC3)o2)cc1. The molecule has 0 atom stereocenters. The van der Waals surface area contributed by atoms with Gasteiger partial charge in [-0.15, -0.1) is 16.9 Å². The highest BCUT2D eigenvalue weighted by Crippen LogP contribution is 2.26. The number of carbonyl (C=O) groups is 1. The summed E-state index contributed by atoms with van der Waals surface area (Å²) >= 11 is 1.79. The molecule has 0 unspecified atom stereocenters. The molecule has 0 spiro atoms. The third-order valence-electron chi connectivity index (χ3n) is 5.62. The largest absolute Gasteiger partial charge is 0.407 e. The van der Waals surface area contributed by atoms with E-state index in [0.29, 0.717) is 30.4 Å². The standard InChI is InChI=1S/C24H27FN4O4S2/c1-16(2)34-20-7-3-17(4-8-20)15-22-27-28-24(33-22)26-23(30)18-11-13-29(14-12-18)35(31,32)21-9-5-19(25)6-10-21/h3-10,16,18H,11-15H2,1-2H3,(H,26,28,30). The van der Waals surface area contributed by atoms with E-state index >= 15 is 0 Å². The molecule has 2 aromatic carbocycles. The number of nitrogens with zero attached hydrogens (tertiary/aromatic N) is 3. The summed E-state index contributed by atoms with van der Waals surface area (Å²) in [5.41, 5.74) is 1.02. The topological polar surface area (TPSA) is 105 Å². The second kappa shape index (κ2) is 10.9. The van der Waals surface area contributed by atoms with Gasteiger partial charge in [0.1, 0.15) is 5.82 Å². The van der Waals surface area contributed by atoms with Gasteiger partial charge in [0.2, 0.25) is 21.8 Å². The van der Waals surface area contributed by atoms with E-state index in [1.54, 1.807) is 11.8 Å². The first-order chi connectivity index (χ1) is 16.7. The Kier molecular flexibility index (Phi) is 7.88. The number of sulfonamides is 1. The summed E-state index contributed by atoms with van der Waals surface area (Å²) in [4.78, 5) is 13.9. The van der Waals surface area contributed by atoms with Crippen molar-refractivity contribution in [2.45, 2.75) is 48.2 Å². The van der Waals surface area contributed by atoms with Crippen molar-refractivity contribution >= 4 is 33.7 Å². The molecule has 8 nitrogen and oxygen atoms in total. The average Bonchev–Trinajstić information content (AvgIpc) is 3.27. The number of rotatable bonds is 8. The Balaban J connectivity index is 1.29. The molecule has 35 heavy (non-hydrogen) atoms. The summed E-state index contributed by atoms with van der Waals surface area (Å²) < 4.78 is 45.5. The lowest BCUT2D eigenvalue weighted by atomic mass is 9.97. The summed E-state index contributed by atoms with van der Waals surface area (Å²) in [5.74, 6) is -0.767. The Labute approximate surface area is 208 Å². The first-order valence-electron chi connectivity index (χ1n) is 11.4. The van der Waals surface area contributed by atoms with E-state index in [1.165, 1.54) is 21.3 Å². The molecule has 1 fully saturated rings.